The quantitative estimate of drug-likeness (QED) is 0.250. The molecule has 1 aromatic carbocycles. The minimum Gasteiger partial charge on any atom is -0.379 e. The van der Waals surface area contributed by atoms with E-state index in [2.05, 4.69) is 31.9 Å². The molecule has 1 unspecified atom stereocenters. The van der Waals surface area contributed by atoms with Crippen molar-refractivity contribution >= 4 is 41.5 Å². The minimum absolute atomic E-state index is 0. The summed E-state index contributed by atoms with van der Waals surface area (Å²) in [5, 5.41) is 10.1. The lowest BCUT2D eigenvalue weighted by Gasteiger charge is -2.48. The van der Waals surface area contributed by atoms with E-state index in [1.54, 1.807) is 0 Å². The number of benzene rings is 1. The van der Waals surface area contributed by atoms with Crippen LogP contribution >= 0.6 is 24.0 Å². The largest absolute Gasteiger partial charge is 0.379 e. The molecule has 0 radical (unpaired) electrons. The van der Waals surface area contributed by atoms with E-state index in [0.717, 1.165) is 56.5 Å². The van der Waals surface area contributed by atoms with Crippen LogP contribution < -0.4 is 16.0 Å². The first-order chi connectivity index (χ1) is 15.6. The molecule has 2 fully saturated rings. The summed E-state index contributed by atoms with van der Waals surface area (Å²) in [7, 11) is 1.82. The molecule has 33 heavy (non-hydrogen) atoms. The van der Waals surface area contributed by atoms with Crippen molar-refractivity contribution in [1.29, 1.82) is 0 Å². The molecule has 8 heteroatoms. The van der Waals surface area contributed by atoms with E-state index in [9.17, 15) is 4.79 Å². The standard InChI is InChI=1S/C25H41N5O2.HI/c1-4-20(2)23(31)29-22-10-8-9-21(17-22)18-27-24(26-3)28-19-25(11-6-5-7-12-25)30-13-15-32-16-14-30;/h8-10,17,20H,4-7,11-16,18-19H2,1-3H3,(H,29,31)(H2,26,27,28);1H. The van der Waals surface area contributed by atoms with Crippen LogP contribution in [0.25, 0.3) is 0 Å². The van der Waals surface area contributed by atoms with Gasteiger partial charge in [0.2, 0.25) is 5.91 Å². The Kier molecular flexibility index (Phi) is 11.9. The van der Waals surface area contributed by atoms with Gasteiger partial charge < -0.3 is 20.7 Å². The smallest absolute Gasteiger partial charge is 0.227 e. The third kappa shape index (κ3) is 8.10. The molecule has 1 aromatic rings. The Morgan fingerprint density at radius 3 is 2.58 bits per heavy atom. The molecule has 1 saturated heterocycles. The summed E-state index contributed by atoms with van der Waals surface area (Å²) in [6.45, 7) is 9.23. The number of amides is 1. The van der Waals surface area contributed by atoms with Gasteiger partial charge in [-0.15, -0.1) is 24.0 Å². The average Bonchev–Trinajstić information content (AvgIpc) is 2.85. The second-order valence-corrected chi connectivity index (χ2v) is 9.16. The zero-order chi connectivity index (χ0) is 22.8. The summed E-state index contributed by atoms with van der Waals surface area (Å²) in [6, 6.07) is 8.01. The molecule has 3 N–H and O–H groups in total. The highest BCUT2D eigenvalue weighted by atomic mass is 127. The van der Waals surface area contributed by atoms with Crippen molar-refractivity contribution in [3.05, 3.63) is 29.8 Å². The fourth-order valence-electron chi connectivity index (χ4n) is 4.72. The lowest BCUT2D eigenvalue weighted by Crippen LogP contribution is -2.60. The Balaban J connectivity index is 0.00000385. The number of nitrogens with one attached hydrogen (secondary N) is 3. The van der Waals surface area contributed by atoms with Gasteiger partial charge in [-0.25, -0.2) is 0 Å². The fourth-order valence-corrected chi connectivity index (χ4v) is 4.72. The first kappa shape index (κ1) is 27.9. The zero-order valence-electron chi connectivity index (χ0n) is 20.5. The van der Waals surface area contributed by atoms with Crippen molar-refractivity contribution in [2.24, 2.45) is 10.9 Å². The molecule has 0 aromatic heterocycles. The number of ether oxygens (including phenoxy) is 1. The number of aliphatic imine (C=N–C) groups is 1. The second kappa shape index (κ2) is 14.1. The Labute approximate surface area is 216 Å². The summed E-state index contributed by atoms with van der Waals surface area (Å²) < 4.78 is 5.60. The number of nitrogens with zero attached hydrogens (tertiary/aromatic N) is 2. The molecule has 1 saturated carbocycles. The molecule has 2 aliphatic rings. The van der Waals surface area contributed by atoms with Crippen LogP contribution in [-0.2, 0) is 16.1 Å². The van der Waals surface area contributed by atoms with Gasteiger partial charge in [-0.05, 0) is 37.0 Å². The predicted molar refractivity (Wildman–Crippen MR) is 146 cm³/mol. The van der Waals surface area contributed by atoms with Crippen molar-refractivity contribution in [2.75, 3.05) is 45.2 Å². The lowest BCUT2D eigenvalue weighted by molar-refractivity contribution is -0.119. The Morgan fingerprint density at radius 1 is 1.18 bits per heavy atom. The van der Waals surface area contributed by atoms with Crippen molar-refractivity contribution < 1.29 is 9.53 Å². The summed E-state index contributed by atoms with van der Waals surface area (Å²) in [5.41, 5.74) is 2.14. The van der Waals surface area contributed by atoms with Crippen LogP contribution in [0.15, 0.2) is 29.3 Å². The monoisotopic (exact) mass is 571 g/mol. The molecule has 0 spiro atoms. The number of guanidine groups is 1. The summed E-state index contributed by atoms with van der Waals surface area (Å²) in [5.74, 6) is 0.895. The number of rotatable bonds is 8. The normalized spacial score (nSPS) is 19.8. The SMILES string of the molecule is CCC(C)C(=O)Nc1cccc(CNC(=NC)NCC2(N3CCOCC3)CCCCC2)c1.I. The maximum absolute atomic E-state index is 12.2. The van der Waals surface area contributed by atoms with Crippen molar-refractivity contribution in [1.82, 2.24) is 15.5 Å². The average molecular weight is 572 g/mol. The van der Waals surface area contributed by atoms with Gasteiger partial charge in [0, 0.05) is 50.4 Å². The van der Waals surface area contributed by atoms with Gasteiger partial charge in [0.05, 0.1) is 13.2 Å². The number of carbonyl (C=O) groups excluding carboxylic acids is 1. The van der Waals surface area contributed by atoms with E-state index >= 15 is 0 Å². The first-order valence-electron chi connectivity index (χ1n) is 12.2. The van der Waals surface area contributed by atoms with Crippen LogP contribution in [-0.4, -0.2) is 62.2 Å². The summed E-state index contributed by atoms with van der Waals surface area (Å²) in [6.07, 6.45) is 7.22. The van der Waals surface area contributed by atoms with E-state index in [-0.39, 0.29) is 41.3 Å². The van der Waals surface area contributed by atoms with E-state index in [4.69, 9.17) is 4.74 Å². The molecule has 1 amide bonds. The maximum atomic E-state index is 12.2. The number of hydrogen-bond donors (Lipinski definition) is 3. The van der Waals surface area contributed by atoms with E-state index in [1.165, 1.54) is 32.1 Å². The molecule has 3 rings (SSSR count). The minimum atomic E-state index is 0. The van der Waals surface area contributed by atoms with Crippen LogP contribution in [0.5, 0.6) is 0 Å². The van der Waals surface area contributed by atoms with Crippen molar-refractivity contribution in [3.8, 4) is 0 Å². The molecule has 1 heterocycles. The van der Waals surface area contributed by atoms with E-state index in [0.29, 0.717) is 6.54 Å². The number of carbonyl (C=O) groups is 1. The Morgan fingerprint density at radius 2 is 1.91 bits per heavy atom. The van der Waals surface area contributed by atoms with Gasteiger partial charge in [-0.1, -0.05) is 45.2 Å². The van der Waals surface area contributed by atoms with Gasteiger partial charge >= 0.3 is 0 Å². The zero-order valence-corrected chi connectivity index (χ0v) is 22.8. The van der Waals surface area contributed by atoms with Gasteiger partial charge in [0.15, 0.2) is 5.96 Å². The van der Waals surface area contributed by atoms with E-state index in [1.807, 2.05) is 39.1 Å². The Bertz CT molecular complexity index is 761. The van der Waals surface area contributed by atoms with Crippen LogP contribution in [0.3, 0.4) is 0 Å². The van der Waals surface area contributed by atoms with Crippen LogP contribution in [0, 0.1) is 5.92 Å². The second-order valence-electron chi connectivity index (χ2n) is 9.16. The van der Waals surface area contributed by atoms with Crippen LogP contribution in [0.2, 0.25) is 0 Å². The molecule has 1 aliphatic carbocycles. The number of morpholine rings is 1. The summed E-state index contributed by atoms with van der Waals surface area (Å²) in [4.78, 5) is 19.3. The van der Waals surface area contributed by atoms with Gasteiger partial charge in [0.25, 0.3) is 0 Å². The maximum Gasteiger partial charge on any atom is 0.227 e. The molecule has 0 bridgehead atoms. The highest BCUT2D eigenvalue weighted by Gasteiger charge is 2.38. The molecular weight excluding hydrogens is 529 g/mol. The molecule has 1 aliphatic heterocycles. The van der Waals surface area contributed by atoms with Crippen LogP contribution in [0.4, 0.5) is 5.69 Å². The number of halogens is 1. The van der Waals surface area contributed by atoms with Gasteiger partial charge in [-0.2, -0.15) is 0 Å². The van der Waals surface area contributed by atoms with Gasteiger partial charge in [0.1, 0.15) is 0 Å². The third-order valence-electron chi connectivity index (χ3n) is 6.99. The molecule has 186 valence electrons. The first-order valence-corrected chi connectivity index (χ1v) is 12.2. The number of hydrogen-bond acceptors (Lipinski definition) is 4. The van der Waals surface area contributed by atoms with E-state index < -0.39 is 0 Å². The molecular formula is C25H42IN5O2. The van der Waals surface area contributed by atoms with Crippen LogP contribution in [0.1, 0.15) is 57.9 Å². The van der Waals surface area contributed by atoms with Gasteiger partial charge in [-0.3, -0.25) is 14.7 Å². The van der Waals surface area contributed by atoms with Crippen molar-refractivity contribution in [2.45, 2.75) is 64.5 Å². The molecule has 1 atom stereocenters. The Hall–Kier alpha value is -1.39. The predicted octanol–water partition coefficient (Wildman–Crippen LogP) is 3.99. The highest BCUT2D eigenvalue weighted by molar-refractivity contribution is 14.0. The number of anilines is 1. The highest BCUT2D eigenvalue weighted by Crippen LogP contribution is 2.33. The third-order valence-corrected chi connectivity index (χ3v) is 6.99. The lowest BCUT2D eigenvalue weighted by atomic mass is 9.80. The summed E-state index contributed by atoms with van der Waals surface area (Å²) >= 11 is 0. The fraction of sp³-hybridized carbons (Fsp3) is 0.680. The topological polar surface area (TPSA) is 78.0 Å². The molecule has 7 nitrogen and oxygen atoms in total. The van der Waals surface area contributed by atoms with Crippen molar-refractivity contribution in [3.63, 3.8) is 0 Å².